The van der Waals surface area contributed by atoms with Crippen LogP contribution in [0.4, 0.5) is 11.4 Å². The predicted molar refractivity (Wildman–Crippen MR) is 154 cm³/mol. The fourth-order valence-electron chi connectivity index (χ4n) is 5.00. The lowest BCUT2D eigenvalue weighted by atomic mass is 9.84. The predicted octanol–water partition coefficient (Wildman–Crippen LogP) is 4.81. The maximum atomic E-state index is 13.8. The lowest BCUT2D eigenvalue weighted by Gasteiger charge is -2.30. The molecule has 3 atom stereocenters. The highest BCUT2D eigenvalue weighted by Gasteiger charge is 2.56. The Morgan fingerprint density at radius 2 is 1.77 bits per heavy atom. The van der Waals surface area contributed by atoms with Crippen molar-refractivity contribution in [3.8, 4) is 0 Å². The number of aromatic nitrogens is 2. The van der Waals surface area contributed by atoms with E-state index in [2.05, 4.69) is 26.2 Å². The van der Waals surface area contributed by atoms with Crippen molar-refractivity contribution in [1.82, 2.24) is 9.55 Å². The molecule has 1 N–H and O–H groups in total. The standard InChI is InChI=1S/C28H21BrN4O4S2/c1-15-4-8-18(9-5-15)31-20(34)14-32-27-24(39-28(32)37)21(16-3-2-12-30-13-16)22-23(38-27)26(36)33(25(22)35)19-10-6-17(29)7-11-19/h2-13,21-23H,14H2,1H3,(H,31,34)/t21-,22+,23-/m0/s1. The molecule has 2 aromatic heterocycles. The molecular formula is C28H21BrN4O4S2. The van der Waals surface area contributed by atoms with Crippen molar-refractivity contribution < 1.29 is 14.4 Å². The number of hydrogen-bond donors (Lipinski definition) is 1. The van der Waals surface area contributed by atoms with E-state index < -0.39 is 17.1 Å². The minimum atomic E-state index is -0.751. The number of pyridine rings is 1. The molecule has 2 aliphatic rings. The smallest absolute Gasteiger partial charge is 0.308 e. The summed E-state index contributed by atoms with van der Waals surface area (Å²) in [5.41, 5.74) is 2.93. The van der Waals surface area contributed by atoms with Crippen LogP contribution in [0, 0.1) is 12.8 Å². The van der Waals surface area contributed by atoms with Crippen LogP contribution in [0.15, 0.2) is 87.4 Å². The lowest BCUT2D eigenvalue weighted by Crippen LogP contribution is -2.33. The summed E-state index contributed by atoms with van der Waals surface area (Å²) in [5.74, 6) is -2.27. The highest BCUT2D eigenvalue weighted by molar-refractivity contribution is 9.10. The highest BCUT2D eigenvalue weighted by atomic mass is 79.9. The zero-order valence-corrected chi connectivity index (χ0v) is 23.8. The third kappa shape index (κ3) is 4.64. The van der Waals surface area contributed by atoms with Crippen LogP contribution < -0.4 is 15.1 Å². The first-order chi connectivity index (χ1) is 18.8. The molecule has 11 heteroatoms. The topological polar surface area (TPSA) is 101 Å². The van der Waals surface area contributed by atoms with Crippen LogP contribution in [0.1, 0.15) is 21.9 Å². The number of amides is 3. The van der Waals surface area contributed by atoms with Gasteiger partial charge in [0.2, 0.25) is 17.7 Å². The number of fused-ring (bicyclic) bond motifs is 2. The normalized spacial score (nSPS) is 20.1. The molecule has 1 fully saturated rings. The van der Waals surface area contributed by atoms with E-state index in [0.29, 0.717) is 21.3 Å². The molecule has 1 saturated heterocycles. The zero-order chi connectivity index (χ0) is 27.3. The van der Waals surface area contributed by atoms with Gasteiger partial charge in [0.05, 0.1) is 16.6 Å². The molecule has 196 valence electrons. The number of nitrogens with one attached hydrogen (secondary N) is 1. The number of hydrogen-bond acceptors (Lipinski definition) is 7. The molecule has 0 radical (unpaired) electrons. The number of anilines is 2. The molecule has 4 heterocycles. The van der Waals surface area contributed by atoms with E-state index >= 15 is 0 Å². The Morgan fingerprint density at radius 1 is 1.03 bits per heavy atom. The second-order valence-electron chi connectivity index (χ2n) is 9.35. The van der Waals surface area contributed by atoms with Crippen molar-refractivity contribution in [2.24, 2.45) is 5.92 Å². The van der Waals surface area contributed by atoms with E-state index in [-0.39, 0.29) is 29.1 Å². The second kappa shape index (κ2) is 10.2. The minimum Gasteiger partial charge on any atom is -0.325 e. The Hall–Kier alpha value is -3.54. The molecule has 0 spiro atoms. The largest absolute Gasteiger partial charge is 0.325 e. The summed E-state index contributed by atoms with van der Waals surface area (Å²) in [5, 5.41) is 2.62. The maximum absolute atomic E-state index is 13.8. The summed E-state index contributed by atoms with van der Waals surface area (Å²) in [7, 11) is 0. The molecule has 0 bridgehead atoms. The molecule has 39 heavy (non-hydrogen) atoms. The van der Waals surface area contributed by atoms with Gasteiger partial charge in [-0.05, 0) is 55.0 Å². The lowest BCUT2D eigenvalue weighted by molar-refractivity contribution is -0.122. The van der Waals surface area contributed by atoms with Gasteiger partial charge in [-0.3, -0.25) is 28.7 Å². The van der Waals surface area contributed by atoms with Gasteiger partial charge in [-0.15, -0.1) is 0 Å². The van der Waals surface area contributed by atoms with Crippen molar-refractivity contribution in [2.75, 3.05) is 10.2 Å². The summed E-state index contributed by atoms with van der Waals surface area (Å²) in [6, 6.07) is 18.0. The van der Waals surface area contributed by atoms with Gasteiger partial charge >= 0.3 is 4.87 Å². The van der Waals surface area contributed by atoms with Crippen molar-refractivity contribution in [1.29, 1.82) is 0 Å². The van der Waals surface area contributed by atoms with Crippen LogP contribution in [-0.2, 0) is 20.9 Å². The molecule has 8 nitrogen and oxygen atoms in total. The number of nitrogens with zero attached hydrogens (tertiary/aromatic N) is 3. The molecule has 4 aromatic rings. The van der Waals surface area contributed by atoms with Gasteiger partial charge in [-0.25, -0.2) is 4.90 Å². The van der Waals surface area contributed by atoms with Gasteiger partial charge in [0.15, 0.2) is 0 Å². The Labute approximate surface area is 240 Å². The third-order valence-electron chi connectivity index (χ3n) is 6.81. The number of halogens is 1. The first-order valence-corrected chi connectivity index (χ1v) is 14.6. The summed E-state index contributed by atoms with van der Waals surface area (Å²) in [4.78, 5) is 59.5. The summed E-state index contributed by atoms with van der Waals surface area (Å²) in [6.07, 6.45) is 3.30. The Bertz CT molecular complexity index is 1650. The van der Waals surface area contributed by atoms with Gasteiger partial charge in [-0.2, -0.15) is 0 Å². The molecule has 6 rings (SSSR count). The van der Waals surface area contributed by atoms with Crippen molar-refractivity contribution in [3.05, 3.63) is 103 Å². The zero-order valence-electron chi connectivity index (χ0n) is 20.5. The molecule has 0 saturated carbocycles. The van der Waals surface area contributed by atoms with Gasteiger partial charge < -0.3 is 5.32 Å². The SMILES string of the molecule is Cc1ccc(NC(=O)Cn2c3c(sc2=O)[C@@H](c2cccnc2)[C@H]2C(=O)N(c4ccc(Br)cc4)C(=O)[C@H]2S3)cc1. The van der Waals surface area contributed by atoms with Gasteiger partial charge in [0, 0.05) is 33.3 Å². The molecule has 3 amide bonds. The monoisotopic (exact) mass is 620 g/mol. The van der Waals surface area contributed by atoms with Crippen LogP contribution in [-0.4, -0.2) is 32.5 Å². The van der Waals surface area contributed by atoms with Gasteiger partial charge in [0.1, 0.15) is 11.8 Å². The number of rotatable bonds is 5. The molecule has 2 aromatic carbocycles. The van der Waals surface area contributed by atoms with Crippen LogP contribution in [0.2, 0.25) is 0 Å². The van der Waals surface area contributed by atoms with E-state index in [9.17, 15) is 19.2 Å². The van der Waals surface area contributed by atoms with Crippen LogP contribution in [0.25, 0.3) is 0 Å². The van der Waals surface area contributed by atoms with Crippen LogP contribution in [0.5, 0.6) is 0 Å². The van der Waals surface area contributed by atoms with E-state index in [1.807, 2.05) is 25.1 Å². The Balaban J connectivity index is 1.39. The number of thioether (sulfide) groups is 1. The highest BCUT2D eigenvalue weighted by Crippen LogP contribution is 2.53. The van der Waals surface area contributed by atoms with Gasteiger partial charge in [-0.1, -0.05) is 62.8 Å². The fourth-order valence-corrected chi connectivity index (χ4v) is 8.04. The minimum absolute atomic E-state index is 0.207. The first-order valence-electron chi connectivity index (χ1n) is 12.1. The summed E-state index contributed by atoms with van der Waals surface area (Å²) in [6.45, 7) is 1.75. The first kappa shape index (κ1) is 25.7. The van der Waals surface area contributed by atoms with E-state index in [4.69, 9.17) is 0 Å². The van der Waals surface area contributed by atoms with Crippen LogP contribution in [0.3, 0.4) is 0 Å². The quantitative estimate of drug-likeness (QED) is 0.321. The molecular weight excluding hydrogens is 600 g/mol. The maximum Gasteiger partial charge on any atom is 0.308 e. The molecule has 0 aliphatic carbocycles. The Morgan fingerprint density at radius 3 is 2.46 bits per heavy atom. The van der Waals surface area contributed by atoms with E-state index in [1.54, 1.807) is 54.9 Å². The average Bonchev–Trinajstić information content (AvgIpc) is 3.37. The number of thiazole rings is 1. The van der Waals surface area contributed by atoms with E-state index in [0.717, 1.165) is 26.9 Å². The number of carbonyl (C=O) groups is 3. The van der Waals surface area contributed by atoms with Crippen molar-refractivity contribution in [2.45, 2.75) is 29.7 Å². The fraction of sp³-hybridized carbons (Fsp3) is 0.179. The average molecular weight is 622 g/mol. The van der Waals surface area contributed by atoms with Crippen molar-refractivity contribution >= 4 is 68.1 Å². The molecule has 2 aliphatic heterocycles. The third-order valence-corrected chi connectivity index (χ3v) is 9.95. The molecule has 0 unspecified atom stereocenters. The Kier molecular flexibility index (Phi) is 6.74. The number of imide groups is 1. The number of benzene rings is 2. The number of carbonyl (C=O) groups excluding carboxylic acids is 3. The second-order valence-corrected chi connectivity index (χ2v) is 12.4. The summed E-state index contributed by atoms with van der Waals surface area (Å²) >= 11 is 5.60. The van der Waals surface area contributed by atoms with Crippen molar-refractivity contribution in [3.63, 3.8) is 0 Å². The van der Waals surface area contributed by atoms with Gasteiger partial charge in [0.25, 0.3) is 0 Å². The van der Waals surface area contributed by atoms with Crippen LogP contribution >= 0.6 is 39.0 Å². The number of aryl methyl sites for hydroxylation is 1. The van der Waals surface area contributed by atoms with E-state index in [1.165, 1.54) is 21.2 Å². The summed E-state index contributed by atoms with van der Waals surface area (Å²) < 4.78 is 2.24.